The SMILES string of the molecule is CCC(C)(C)N(C)c1cc(Cl)ccc1CO. The van der Waals surface area contributed by atoms with Gasteiger partial charge in [0.05, 0.1) is 6.61 Å². The van der Waals surface area contributed by atoms with Crippen molar-refractivity contribution in [1.82, 2.24) is 0 Å². The molecule has 3 heteroatoms. The summed E-state index contributed by atoms with van der Waals surface area (Å²) in [5, 5.41) is 10.0. The van der Waals surface area contributed by atoms with Crippen molar-refractivity contribution in [2.24, 2.45) is 0 Å². The fraction of sp³-hybridized carbons (Fsp3) is 0.538. The zero-order chi connectivity index (χ0) is 12.3. The molecule has 0 spiro atoms. The Balaban J connectivity index is 3.16. The van der Waals surface area contributed by atoms with Gasteiger partial charge in [-0.2, -0.15) is 0 Å². The fourth-order valence-electron chi connectivity index (χ4n) is 1.55. The highest BCUT2D eigenvalue weighted by Gasteiger charge is 2.23. The van der Waals surface area contributed by atoms with Crippen molar-refractivity contribution in [3.8, 4) is 0 Å². The topological polar surface area (TPSA) is 23.5 Å². The lowest BCUT2D eigenvalue weighted by Crippen LogP contribution is -2.41. The molecule has 0 radical (unpaired) electrons. The zero-order valence-electron chi connectivity index (χ0n) is 10.4. The molecule has 0 saturated heterocycles. The summed E-state index contributed by atoms with van der Waals surface area (Å²) in [7, 11) is 2.04. The second kappa shape index (κ2) is 5.07. The van der Waals surface area contributed by atoms with Gasteiger partial charge in [-0.15, -0.1) is 0 Å². The first-order chi connectivity index (χ1) is 7.42. The van der Waals surface area contributed by atoms with Crippen molar-refractivity contribution in [1.29, 1.82) is 0 Å². The number of anilines is 1. The molecule has 0 heterocycles. The van der Waals surface area contributed by atoms with Gasteiger partial charge in [-0.1, -0.05) is 24.6 Å². The second-order valence-electron chi connectivity index (χ2n) is 4.66. The number of benzene rings is 1. The predicted octanol–water partition coefficient (Wildman–Crippen LogP) is 3.46. The molecular weight excluding hydrogens is 222 g/mol. The summed E-state index contributed by atoms with van der Waals surface area (Å²) in [6, 6.07) is 5.59. The van der Waals surface area contributed by atoms with Crippen LogP contribution in [0.5, 0.6) is 0 Å². The summed E-state index contributed by atoms with van der Waals surface area (Å²) < 4.78 is 0. The summed E-state index contributed by atoms with van der Waals surface area (Å²) in [5.41, 5.74) is 1.96. The van der Waals surface area contributed by atoms with Crippen molar-refractivity contribution in [2.45, 2.75) is 39.3 Å². The Morgan fingerprint density at radius 3 is 2.50 bits per heavy atom. The molecule has 1 aromatic rings. The number of halogens is 1. The van der Waals surface area contributed by atoms with Gasteiger partial charge in [-0.05, 0) is 32.4 Å². The molecular formula is C13H20ClNO. The van der Waals surface area contributed by atoms with Gasteiger partial charge in [0.1, 0.15) is 0 Å². The molecule has 1 rings (SSSR count). The number of nitrogens with zero attached hydrogens (tertiary/aromatic N) is 1. The van der Waals surface area contributed by atoms with E-state index in [0.29, 0.717) is 5.02 Å². The Kier molecular flexibility index (Phi) is 4.22. The van der Waals surface area contributed by atoms with E-state index in [4.69, 9.17) is 11.6 Å². The van der Waals surface area contributed by atoms with Crippen molar-refractivity contribution in [3.05, 3.63) is 28.8 Å². The van der Waals surface area contributed by atoms with Gasteiger partial charge >= 0.3 is 0 Å². The third-order valence-corrected chi connectivity index (χ3v) is 3.59. The van der Waals surface area contributed by atoms with Gasteiger partial charge in [-0.25, -0.2) is 0 Å². The largest absolute Gasteiger partial charge is 0.392 e. The lowest BCUT2D eigenvalue weighted by Gasteiger charge is -2.38. The average molecular weight is 242 g/mol. The Bertz CT molecular complexity index is 363. The van der Waals surface area contributed by atoms with Crippen LogP contribution in [-0.4, -0.2) is 17.7 Å². The standard InChI is InChI=1S/C13H20ClNO/c1-5-13(2,3)15(4)12-8-11(14)7-6-10(12)9-16/h6-8,16H,5,9H2,1-4H3. The maximum absolute atomic E-state index is 9.33. The molecule has 16 heavy (non-hydrogen) atoms. The van der Waals surface area contributed by atoms with E-state index in [1.54, 1.807) is 0 Å². The maximum Gasteiger partial charge on any atom is 0.0702 e. The number of rotatable bonds is 4. The first kappa shape index (κ1) is 13.3. The van der Waals surface area contributed by atoms with Crippen LogP contribution >= 0.6 is 11.6 Å². The first-order valence-electron chi connectivity index (χ1n) is 5.55. The monoisotopic (exact) mass is 241 g/mol. The first-order valence-corrected chi connectivity index (χ1v) is 5.93. The molecule has 1 N–H and O–H groups in total. The minimum absolute atomic E-state index is 0.0383. The van der Waals surface area contributed by atoms with E-state index in [1.807, 2.05) is 25.2 Å². The Hall–Kier alpha value is -0.730. The smallest absolute Gasteiger partial charge is 0.0702 e. The van der Waals surface area contributed by atoms with Gasteiger partial charge < -0.3 is 10.0 Å². The van der Waals surface area contributed by atoms with Gasteiger partial charge in [0.2, 0.25) is 0 Å². The Labute approximate surface area is 103 Å². The van der Waals surface area contributed by atoms with Crippen molar-refractivity contribution < 1.29 is 5.11 Å². The van der Waals surface area contributed by atoms with E-state index in [0.717, 1.165) is 17.7 Å². The number of hydrogen-bond donors (Lipinski definition) is 1. The van der Waals surface area contributed by atoms with Crippen LogP contribution in [0.15, 0.2) is 18.2 Å². The van der Waals surface area contributed by atoms with Crippen LogP contribution in [0.1, 0.15) is 32.8 Å². The van der Waals surface area contributed by atoms with E-state index in [1.165, 1.54) is 0 Å². The lowest BCUT2D eigenvalue weighted by molar-refractivity contribution is 0.281. The van der Waals surface area contributed by atoms with Crippen LogP contribution in [0.3, 0.4) is 0 Å². The van der Waals surface area contributed by atoms with Gasteiger partial charge in [0.15, 0.2) is 0 Å². The third-order valence-electron chi connectivity index (χ3n) is 3.35. The minimum Gasteiger partial charge on any atom is -0.392 e. The molecule has 0 fully saturated rings. The van der Waals surface area contributed by atoms with Crippen LogP contribution in [0.4, 0.5) is 5.69 Å². The van der Waals surface area contributed by atoms with E-state index in [-0.39, 0.29) is 12.1 Å². The highest BCUT2D eigenvalue weighted by Crippen LogP contribution is 2.30. The molecule has 0 aliphatic rings. The van der Waals surface area contributed by atoms with Crippen molar-refractivity contribution in [2.75, 3.05) is 11.9 Å². The van der Waals surface area contributed by atoms with Gasteiger partial charge in [0.25, 0.3) is 0 Å². The van der Waals surface area contributed by atoms with Crippen LogP contribution in [-0.2, 0) is 6.61 Å². The molecule has 0 bridgehead atoms. The van der Waals surface area contributed by atoms with Crippen LogP contribution in [0, 0.1) is 0 Å². The maximum atomic E-state index is 9.33. The van der Waals surface area contributed by atoms with Crippen molar-refractivity contribution in [3.63, 3.8) is 0 Å². The summed E-state index contributed by atoms with van der Waals surface area (Å²) in [6.45, 7) is 6.54. The summed E-state index contributed by atoms with van der Waals surface area (Å²) in [4.78, 5) is 2.17. The van der Waals surface area contributed by atoms with Gasteiger partial charge in [0, 0.05) is 28.9 Å². The van der Waals surface area contributed by atoms with Crippen LogP contribution in [0.25, 0.3) is 0 Å². The highest BCUT2D eigenvalue weighted by atomic mass is 35.5. The van der Waals surface area contributed by atoms with E-state index in [9.17, 15) is 5.11 Å². The summed E-state index contributed by atoms with van der Waals surface area (Å²) in [5.74, 6) is 0. The average Bonchev–Trinajstić information content (AvgIpc) is 2.28. The molecule has 90 valence electrons. The van der Waals surface area contributed by atoms with Crippen LogP contribution < -0.4 is 4.90 Å². The minimum atomic E-state index is 0.0383. The molecule has 0 atom stereocenters. The van der Waals surface area contributed by atoms with E-state index < -0.39 is 0 Å². The van der Waals surface area contributed by atoms with Gasteiger partial charge in [-0.3, -0.25) is 0 Å². The predicted molar refractivity (Wildman–Crippen MR) is 70.1 cm³/mol. The fourth-order valence-corrected chi connectivity index (χ4v) is 1.71. The number of hydrogen-bond acceptors (Lipinski definition) is 2. The molecule has 0 amide bonds. The quantitative estimate of drug-likeness (QED) is 0.873. The van der Waals surface area contributed by atoms with Crippen molar-refractivity contribution >= 4 is 17.3 Å². The Morgan fingerprint density at radius 2 is 2.00 bits per heavy atom. The summed E-state index contributed by atoms with van der Waals surface area (Å²) in [6.07, 6.45) is 1.03. The highest BCUT2D eigenvalue weighted by molar-refractivity contribution is 6.30. The molecule has 0 aliphatic heterocycles. The third kappa shape index (κ3) is 2.69. The second-order valence-corrected chi connectivity index (χ2v) is 5.09. The molecule has 0 saturated carbocycles. The molecule has 0 unspecified atom stereocenters. The molecule has 0 aliphatic carbocycles. The normalized spacial score (nSPS) is 11.6. The lowest BCUT2D eigenvalue weighted by atomic mass is 9.98. The van der Waals surface area contributed by atoms with E-state index >= 15 is 0 Å². The number of aliphatic hydroxyl groups is 1. The zero-order valence-corrected chi connectivity index (χ0v) is 11.2. The molecule has 2 nitrogen and oxygen atoms in total. The number of aliphatic hydroxyl groups excluding tert-OH is 1. The summed E-state index contributed by atoms with van der Waals surface area (Å²) >= 11 is 6.00. The Morgan fingerprint density at radius 1 is 1.38 bits per heavy atom. The van der Waals surface area contributed by atoms with E-state index in [2.05, 4.69) is 25.7 Å². The molecule has 0 aromatic heterocycles. The van der Waals surface area contributed by atoms with Crippen LogP contribution in [0.2, 0.25) is 5.02 Å². The molecule has 1 aromatic carbocycles.